The third-order valence-electron chi connectivity index (χ3n) is 3.95. The summed E-state index contributed by atoms with van der Waals surface area (Å²) in [4.78, 5) is 18.8. The number of aromatic nitrogens is 1. The van der Waals surface area contributed by atoms with Gasteiger partial charge in [0.25, 0.3) is 0 Å². The van der Waals surface area contributed by atoms with Gasteiger partial charge in [0, 0.05) is 13.1 Å². The van der Waals surface area contributed by atoms with Crippen molar-refractivity contribution in [2.75, 3.05) is 31.6 Å². The van der Waals surface area contributed by atoms with E-state index in [0.29, 0.717) is 24.8 Å². The first-order valence-corrected chi connectivity index (χ1v) is 9.70. The van der Waals surface area contributed by atoms with Gasteiger partial charge in [0.05, 0.1) is 30.0 Å². The summed E-state index contributed by atoms with van der Waals surface area (Å²) in [5, 5.41) is 12.7. The van der Waals surface area contributed by atoms with Crippen molar-refractivity contribution >= 4 is 32.6 Å². The van der Waals surface area contributed by atoms with E-state index in [9.17, 15) is 9.90 Å². The molecular formula is C20H23N3O3S. The molecule has 0 aliphatic heterocycles. The quantitative estimate of drug-likeness (QED) is 0.592. The molecule has 6 nitrogen and oxygen atoms in total. The number of fused-ring (bicyclic) bond motifs is 1. The van der Waals surface area contributed by atoms with Crippen LogP contribution in [0.25, 0.3) is 10.2 Å². The highest BCUT2D eigenvalue weighted by atomic mass is 32.1. The van der Waals surface area contributed by atoms with Gasteiger partial charge in [0.1, 0.15) is 5.75 Å². The molecule has 0 aliphatic carbocycles. The summed E-state index contributed by atoms with van der Waals surface area (Å²) in [6.45, 7) is 3.77. The number of aliphatic hydroxyl groups excluding tert-OH is 1. The van der Waals surface area contributed by atoms with Crippen LogP contribution in [0.15, 0.2) is 48.5 Å². The number of nitrogens with one attached hydrogen (secondary N) is 1. The van der Waals surface area contributed by atoms with Crippen LogP contribution in [-0.4, -0.2) is 47.2 Å². The van der Waals surface area contributed by atoms with Gasteiger partial charge < -0.3 is 15.2 Å². The summed E-state index contributed by atoms with van der Waals surface area (Å²) in [5.74, 6) is 0.645. The maximum Gasteiger partial charge on any atom is 0.240 e. The van der Waals surface area contributed by atoms with Crippen molar-refractivity contribution in [3.05, 3.63) is 54.1 Å². The number of carbonyl (C=O) groups excluding carboxylic acids is 1. The van der Waals surface area contributed by atoms with E-state index >= 15 is 0 Å². The van der Waals surface area contributed by atoms with Crippen molar-refractivity contribution < 1.29 is 14.6 Å². The molecule has 7 heteroatoms. The minimum Gasteiger partial charge on any atom is -0.494 e. The van der Waals surface area contributed by atoms with Crippen LogP contribution >= 0.6 is 11.3 Å². The summed E-state index contributed by atoms with van der Waals surface area (Å²) in [7, 11) is 0. The molecular weight excluding hydrogens is 362 g/mol. The number of anilines is 1. The van der Waals surface area contributed by atoms with E-state index in [2.05, 4.69) is 10.3 Å². The highest BCUT2D eigenvalue weighted by Gasteiger charge is 2.13. The second-order valence-corrected chi connectivity index (χ2v) is 7.08. The fourth-order valence-electron chi connectivity index (χ4n) is 2.77. The first-order valence-electron chi connectivity index (χ1n) is 8.88. The highest BCUT2D eigenvalue weighted by molar-refractivity contribution is 7.22. The predicted octanol–water partition coefficient (Wildman–Crippen LogP) is 3.13. The number of hydrogen-bond donors (Lipinski definition) is 2. The minimum absolute atomic E-state index is 0.00145. The fourth-order valence-corrected chi connectivity index (χ4v) is 3.68. The van der Waals surface area contributed by atoms with Crippen molar-refractivity contribution in [1.29, 1.82) is 0 Å². The molecule has 1 heterocycles. The second-order valence-electron chi connectivity index (χ2n) is 6.05. The molecule has 0 atom stereocenters. The van der Waals surface area contributed by atoms with E-state index in [0.717, 1.165) is 21.5 Å². The van der Waals surface area contributed by atoms with Crippen molar-refractivity contribution in [3.63, 3.8) is 0 Å². The summed E-state index contributed by atoms with van der Waals surface area (Å²) >= 11 is 1.42. The maximum atomic E-state index is 12.4. The van der Waals surface area contributed by atoms with Gasteiger partial charge in [0.2, 0.25) is 5.91 Å². The molecule has 2 N–H and O–H groups in total. The lowest BCUT2D eigenvalue weighted by Crippen LogP contribution is -2.34. The topological polar surface area (TPSA) is 74.7 Å². The van der Waals surface area contributed by atoms with Crippen molar-refractivity contribution in [2.24, 2.45) is 0 Å². The molecule has 3 aromatic rings. The molecule has 0 aliphatic rings. The number of carbonyl (C=O) groups is 1. The van der Waals surface area contributed by atoms with E-state index in [-0.39, 0.29) is 19.1 Å². The fraction of sp³-hybridized carbons (Fsp3) is 0.300. The average molecular weight is 385 g/mol. The van der Waals surface area contributed by atoms with E-state index in [1.54, 1.807) is 0 Å². The zero-order chi connectivity index (χ0) is 19.1. The third kappa shape index (κ3) is 5.50. The van der Waals surface area contributed by atoms with E-state index in [1.807, 2.05) is 60.4 Å². The Bertz CT molecular complexity index is 883. The second kappa shape index (κ2) is 9.45. The molecule has 0 fully saturated rings. The maximum absolute atomic E-state index is 12.4. The largest absolute Gasteiger partial charge is 0.494 e. The average Bonchev–Trinajstić information content (AvgIpc) is 3.04. The molecule has 0 spiro atoms. The number of ether oxygens (including phenoxy) is 1. The number of amides is 1. The molecule has 27 heavy (non-hydrogen) atoms. The van der Waals surface area contributed by atoms with E-state index < -0.39 is 0 Å². The standard InChI is InChI=1S/C20H23N3O3S/c1-2-26-16-8-9-17-18(12-16)27-20(21-17)22-19(25)14-23(10-11-24)13-15-6-4-3-5-7-15/h3-9,12,24H,2,10-11,13-14H2,1H3,(H,21,22,25). The molecule has 1 aromatic heterocycles. The molecule has 0 radical (unpaired) electrons. The van der Waals surface area contributed by atoms with Gasteiger partial charge in [-0.3, -0.25) is 9.69 Å². The number of rotatable bonds is 9. The Kier molecular flexibility index (Phi) is 6.75. The lowest BCUT2D eigenvalue weighted by atomic mass is 10.2. The number of thiazole rings is 1. The minimum atomic E-state index is -0.150. The normalized spacial score (nSPS) is 11.1. The van der Waals surface area contributed by atoms with Crippen LogP contribution in [0.3, 0.4) is 0 Å². The van der Waals surface area contributed by atoms with Crippen LogP contribution in [-0.2, 0) is 11.3 Å². The lowest BCUT2D eigenvalue weighted by Gasteiger charge is -2.20. The molecule has 0 bridgehead atoms. The number of benzene rings is 2. The molecule has 142 valence electrons. The Labute approximate surface area is 162 Å². The van der Waals surface area contributed by atoms with Gasteiger partial charge in [-0.25, -0.2) is 4.98 Å². The molecule has 0 unspecified atom stereocenters. The zero-order valence-corrected chi connectivity index (χ0v) is 16.0. The van der Waals surface area contributed by atoms with Gasteiger partial charge in [-0.15, -0.1) is 0 Å². The number of nitrogens with zero attached hydrogens (tertiary/aromatic N) is 2. The zero-order valence-electron chi connectivity index (χ0n) is 15.2. The summed E-state index contributed by atoms with van der Waals surface area (Å²) in [6.07, 6.45) is 0. The van der Waals surface area contributed by atoms with Crippen LogP contribution in [0, 0.1) is 0 Å². The van der Waals surface area contributed by atoms with Crippen molar-refractivity contribution in [1.82, 2.24) is 9.88 Å². The van der Waals surface area contributed by atoms with Crippen LogP contribution < -0.4 is 10.1 Å². The predicted molar refractivity (Wildman–Crippen MR) is 108 cm³/mol. The smallest absolute Gasteiger partial charge is 0.240 e. The van der Waals surface area contributed by atoms with Crippen molar-refractivity contribution in [2.45, 2.75) is 13.5 Å². The summed E-state index contributed by atoms with van der Waals surface area (Å²) < 4.78 is 6.47. The molecule has 3 rings (SSSR count). The SMILES string of the molecule is CCOc1ccc2nc(NC(=O)CN(CCO)Cc3ccccc3)sc2c1. The lowest BCUT2D eigenvalue weighted by molar-refractivity contribution is -0.117. The van der Waals surface area contributed by atoms with Crippen LogP contribution in [0.2, 0.25) is 0 Å². The van der Waals surface area contributed by atoms with Crippen LogP contribution in [0.5, 0.6) is 5.75 Å². The highest BCUT2D eigenvalue weighted by Crippen LogP contribution is 2.29. The number of aliphatic hydroxyl groups is 1. The van der Waals surface area contributed by atoms with Crippen LogP contribution in [0.4, 0.5) is 5.13 Å². The van der Waals surface area contributed by atoms with E-state index in [4.69, 9.17) is 4.74 Å². The summed E-state index contributed by atoms with van der Waals surface area (Å²) in [5.41, 5.74) is 1.93. The van der Waals surface area contributed by atoms with E-state index in [1.165, 1.54) is 11.3 Å². The van der Waals surface area contributed by atoms with Gasteiger partial charge in [-0.1, -0.05) is 41.7 Å². The molecule has 0 saturated heterocycles. The van der Waals surface area contributed by atoms with Gasteiger partial charge >= 0.3 is 0 Å². The Morgan fingerprint density at radius 2 is 2.07 bits per heavy atom. The monoisotopic (exact) mass is 385 g/mol. The first-order chi connectivity index (χ1) is 13.2. The summed E-state index contributed by atoms with van der Waals surface area (Å²) in [6, 6.07) is 15.6. The molecule has 2 aromatic carbocycles. The molecule has 0 saturated carbocycles. The molecule has 1 amide bonds. The van der Waals surface area contributed by atoms with Gasteiger partial charge in [-0.2, -0.15) is 0 Å². The van der Waals surface area contributed by atoms with Gasteiger partial charge in [0.15, 0.2) is 5.13 Å². The Balaban J connectivity index is 1.63. The third-order valence-corrected chi connectivity index (χ3v) is 4.88. The Morgan fingerprint density at radius 3 is 2.81 bits per heavy atom. The Morgan fingerprint density at radius 1 is 1.26 bits per heavy atom. The van der Waals surface area contributed by atoms with Crippen molar-refractivity contribution in [3.8, 4) is 5.75 Å². The number of hydrogen-bond acceptors (Lipinski definition) is 6. The first kappa shape index (κ1) is 19.3. The van der Waals surface area contributed by atoms with Crippen LogP contribution in [0.1, 0.15) is 12.5 Å². The van der Waals surface area contributed by atoms with Gasteiger partial charge in [-0.05, 0) is 30.7 Å². The Hall–Kier alpha value is -2.48.